The first kappa shape index (κ1) is 14.6. The van der Waals surface area contributed by atoms with Gasteiger partial charge in [0.15, 0.2) is 0 Å². The van der Waals surface area contributed by atoms with Gasteiger partial charge in [-0.05, 0) is 38.0 Å². The first-order chi connectivity index (χ1) is 9.95. The summed E-state index contributed by atoms with van der Waals surface area (Å²) in [6.07, 6.45) is 5.55. The maximum Gasteiger partial charge on any atom is 0.138 e. The number of nitrogens with zero attached hydrogens (tertiary/aromatic N) is 2. The van der Waals surface area contributed by atoms with Gasteiger partial charge in [-0.25, -0.2) is 9.97 Å². The molecule has 3 rings (SSSR count). The first-order valence-electron chi connectivity index (χ1n) is 8.35. The van der Waals surface area contributed by atoms with Crippen LogP contribution in [0.4, 0.5) is 11.6 Å². The lowest BCUT2D eigenvalue weighted by molar-refractivity contribution is 0.438. The summed E-state index contributed by atoms with van der Waals surface area (Å²) in [5, 5.41) is 7.02. The third kappa shape index (κ3) is 3.14. The van der Waals surface area contributed by atoms with Crippen molar-refractivity contribution in [3.63, 3.8) is 0 Å². The van der Waals surface area contributed by atoms with E-state index in [-0.39, 0.29) is 5.41 Å². The number of anilines is 2. The molecule has 2 aliphatic rings. The minimum absolute atomic E-state index is 0.0312. The molecule has 2 aliphatic carbocycles. The zero-order chi connectivity index (χ0) is 15.0. The van der Waals surface area contributed by atoms with Crippen LogP contribution in [0.1, 0.15) is 59.2 Å². The van der Waals surface area contributed by atoms with Crippen LogP contribution in [0.25, 0.3) is 0 Å². The number of hydrogen-bond acceptors (Lipinski definition) is 4. The monoisotopic (exact) mass is 288 g/mol. The molecule has 21 heavy (non-hydrogen) atoms. The topological polar surface area (TPSA) is 49.8 Å². The molecule has 116 valence electrons. The van der Waals surface area contributed by atoms with Crippen LogP contribution in [0.5, 0.6) is 0 Å². The molecule has 4 heteroatoms. The normalized spacial score (nSPS) is 27.9. The highest BCUT2D eigenvalue weighted by molar-refractivity contribution is 5.49. The van der Waals surface area contributed by atoms with Crippen molar-refractivity contribution in [3.05, 3.63) is 11.9 Å². The quantitative estimate of drug-likeness (QED) is 0.884. The summed E-state index contributed by atoms with van der Waals surface area (Å²) in [5.74, 6) is 4.63. The van der Waals surface area contributed by atoms with Crippen molar-refractivity contribution in [2.75, 3.05) is 17.2 Å². The fourth-order valence-electron chi connectivity index (χ4n) is 3.74. The van der Waals surface area contributed by atoms with E-state index >= 15 is 0 Å². The average molecular weight is 288 g/mol. The van der Waals surface area contributed by atoms with Crippen LogP contribution in [0.15, 0.2) is 6.07 Å². The lowest BCUT2D eigenvalue weighted by Crippen LogP contribution is -2.27. The van der Waals surface area contributed by atoms with E-state index in [2.05, 4.69) is 49.4 Å². The molecule has 0 amide bonds. The van der Waals surface area contributed by atoms with Crippen molar-refractivity contribution in [2.45, 2.75) is 64.8 Å². The maximum absolute atomic E-state index is 4.77. The van der Waals surface area contributed by atoms with Crippen LogP contribution in [-0.4, -0.2) is 22.6 Å². The molecule has 2 fully saturated rings. The van der Waals surface area contributed by atoms with E-state index in [1.807, 2.05) is 0 Å². The highest BCUT2D eigenvalue weighted by Crippen LogP contribution is 2.45. The van der Waals surface area contributed by atoms with Crippen molar-refractivity contribution in [3.8, 4) is 0 Å². The highest BCUT2D eigenvalue weighted by Gasteiger charge is 2.39. The van der Waals surface area contributed by atoms with E-state index in [1.165, 1.54) is 25.7 Å². The number of rotatable bonds is 4. The van der Waals surface area contributed by atoms with Gasteiger partial charge in [-0.1, -0.05) is 27.2 Å². The van der Waals surface area contributed by atoms with Gasteiger partial charge < -0.3 is 10.6 Å². The summed E-state index contributed by atoms with van der Waals surface area (Å²) in [6, 6.07) is 2.67. The van der Waals surface area contributed by atoms with Gasteiger partial charge in [-0.2, -0.15) is 0 Å². The van der Waals surface area contributed by atoms with E-state index < -0.39 is 0 Å². The smallest absolute Gasteiger partial charge is 0.138 e. The second-order valence-corrected chi connectivity index (χ2v) is 7.67. The van der Waals surface area contributed by atoms with Gasteiger partial charge in [-0.15, -0.1) is 0 Å². The second kappa shape index (κ2) is 5.47. The van der Waals surface area contributed by atoms with Crippen molar-refractivity contribution in [1.82, 2.24) is 9.97 Å². The van der Waals surface area contributed by atoms with Crippen LogP contribution in [0.2, 0.25) is 0 Å². The number of nitrogens with one attached hydrogen (secondary N) is 2. The predicted molar refractivity (Wildman–Crippen MR) is 87.8 cm³/mol. The van der Waals surface area contributed by atoms with E-state index in [0.717, 1.165) is 35.8 Å². The summed E-state index contributed by atoms with van der Waals surface area (Å²) in [6.45, 7) is 9.48. The van der Waals surface area contributed by atoms with Gasteiger partial charge in [0.05, 0.1) is 0 Å². The van der Waals surface area contributed by atoms with Crippen molar-refractivity contribution in [2.24, 2.45) is 11.8 Å². The van der Waals surface area contributed by atoms with Crippen LogP contribution in [0.3, 0.4) is 0 Å². The van der Waals surface area contributed by atoms with E-state index in [9.17, 15) is 0 Å². The third-order valence-electron chi connectivity index (χ3n) is 4.83. The van der Waals surface area contributed by atoms with Crippen molar-refractivity contribution in [1.29, 1.82) is 0 Å². The van der Waals surface area contributed by atoms with Crippen LogP contribution >= 0.6 is 0 Å². The number of hydrogen-bond donors (Lipinski definition) is 2. The fraction of sp³-hybridized carbons (Fsp3) is 0.765. The Balaban J connectivity index is 1.81. The summed E-state index contributed by atoms with van der Waals surface area (Å²) >= 11 is 0. The summed E-state index contributed by atoms with van der Waals surface area (Å²) in [4.78, 5) is 9.43. The Labute approximate surface area is 128 Å². The van der Waals surface area contributed by atoms with Crippen LogP contribution < -0.4 is 10.6 Å². The molecule has 1 heterocycles. The minimum atomic E-state index is -0.0312. The minimum Gasteiger partial charge on any atom is -0.370 e. The molecule has 1 aromatic heterocycles. The highest BCUT2D eigenvalue weighted by atomic mass is 15.1. The standard InChI is InChI=1S/C17H28N4/c1-5-18-14-10-15(21-16(20-14)17(2,3)4)19-13-9-11-6-7-12(13)8-11/h10-13H,5-9H2,1-4H3,(H2,18,19,20,21). The molecule has 2 N–H and O–H groups in total. The molecule has 1 aromatic rings. The summed E-state index contributed by atoms with van der Waals surface area (Å²) in [7, 11) is 0. The number of aromatic nitrogens is 2. The molecule has 0 spiro atoms. The zero-order valence-electron chi connectivity index (χ0n) is 13.7. The van der Waals surface area contributed by atoms with E-state index in [1.54, 1.807) is 0 Å². The second-order valence-electron chi connectivity index (χ2n) is 7.67. The number of fused-ring (bicyclic) bond motifs is 2. The van der Waals surface area contributed by atoms with Gasteiger partial charge in [0.25, 0.3) is 0 Å². The van der Waals surface area contributed by atoms with Gasteiger partial charge in [0, 0.05) is 24.1 Å². The lowest BCUT2D eigenvalue weighted by atomic mass is 9.95. The SMILES string of the molecule is CCNc1cc(NC2CC3CCC2C3)nc(C(C)(C)C)n1. The lowest BCUT2D eigenvalue weighted by Gasteiger charge is -2.25. The molecule has 2 bridgehead atoms. The molecule has 2 saturated carbocycles. The van der Waals surface area contributed by atoms with Gasteiger partial charge in [0.2, 0.25) is 0 Å². The van der Waals surface area contributed by atoms with E-state index in [0.29, 0.717) is 6.04 Å². The zero-order valence-corrected chi connectivity index (χ0v) is 13.7. The molecule has 0 saturated heterocycles. The molecule has 3 atom stereocenters. The van der Waals surface area contributed by atoms with Crippen LogP contribution in [0, 0.1) is 11.8 Å². The van der Waals surface area contributed by atoms with Crippen molar-refractivity contribution < 1.29 is 0 Å². The largest absolute Gasteiger partial charge is 0.370 e. The van der Waals surface area contributed by atoms with Gasteiger partial charge >= 0.3 is 0 Å². The Morgan fingerprint density at radius 3 is 2.48 bits per heavy atom. The Morgan fingerprint density at radius 2 is 1.90 bits per heavy atom. The van der Waals surface area contributed by atoms with E-state index in [4.69, 9.17) is 4.98 Å². The molecule has 3 unspecified atom stereocenters. The Kier molecular flexibility index (Phi) is 3.80. The summed E-state index contributed by atoms with van der Waals surface area (Å²) in [5.41, 5.74) is -0.0312. The summed E-state index contributed by atoms with van der Waals surface area (Å²) < 4.78 is 0. The molecule has 0 radical (unpaired) electrons. The Hall–Kier alpha value is -1.32. The first-order valence-corrected chi connectivity index (χ1v) is 8.35. The average Bonchev–Trinajstić information content (AvgIpc) is 3.00. The molecule has 0 aromatic carbocycles. The third-order valence-corrected chi connectivity index (χ3v) is 4.83. The molecular formula is C17H28N4. The molecule has 0 aliphatic heterocycles. The molecular weight excluding hydrogens is 260 g/mol. The molecule has 4 nitrogen and oxygen atoms in total. The Morgan fingerprint density at radius 1 is 1.14 bits per heavy atom. The maximum atomic E-state index is 4.77. The van der Waals surface area contributed by atoms with Gasteiger partial charge in [0.1, 0.15) is 17.5 Å². The van der Waals surface area contributed by atoms with Gasteiger partial charge in [-0.3, -0.25) is 0 Å². The fourth-order valence-corrected chi connectivity index (χ4v) is 3.74. The van der Waals surface area contributed by atoms with Crippen molar-refractivity contribution >= 4 is 11.6 Å². The van der Waals surface area contributed by atoms with Crippen LogP contribution in [-0.2, 0) is 5.41 Å². The predicted octanol–water partition coefficient (Wildman–Crippen LogP) is 3.81. The Bertz CT molecular complexity index is 506.